The first kappa shape index (κ1) is 22.7. The van der Waals surface area contributed by atoms with Gasteiger partial charge >= 0.3 is 6.09 Å². The van der Waals surface area contributed by atoms with Gasteiger partial charge in [0.05, 0.1) is 19.1 Å². The molecule has 0 fully saturated rings. The number of thiophene rings is 1. The molecule has 2 rings (SSSR count). The van der Waals surface area contributed by atoms with Gasteiger partial charge in [-0.05, 0) is 63.5 Å². The van der Waals surface area contributed by atoms with E-state index in [1.807, 2.05) is 53.0 Å². The van der Waals surface area contributed by atoms with Gasteiger partial charge in [-0.1, -0.05) is 0 Å². The molecule has 0 aliphatic carbocycles. The van der Waals surface area contributed by atoms with Crippen LogP contribution in [0.2, 0.25) is 0 Å². The molecule has 2 heterocycles. The van der Waals surface area contributed by atoms with E-state index >= 15 is 0 Å². The minimum absolute atomic E-state index is 0.205. The summed E-state index contributed by atoms with van der Waals surface area (Å²) >= 11 is 3.81. The molecule has 0 bridgehead atoms. The summed E-state index contributed by atoms with van der Waals surface area (Å²) in [7, 11) is 0. The predicted octanol–water partition coefficient (Wildman–Crippen LogP) is 4.64. The molecule has 1 aromatic heterocycles. The Hall–Kier alpha value is -0.610. The number of nitrogens with one attached hydrogen (secondary N) is 1. The topological polar surface area (TPSA) is 77.0 Å². The van der Waals surface area contributed by atoms with Crippen molar-refractivity contribution in [2.45, 2.75) is 64.4 Å². The van der Waals surface area contributed by atoms with Gasteiger partial charge in [0.15, 0.2) is 0 Å². The fourth-order valence-electron chi connectivity index (χ4n) is 2.38. The molecule has 1 unspecified atom stereocenters. The molecular weight excluding hydrogens is 450 g/mol. The number of carbonyl (C=O) groups excluding carboxylic acids is 1. The van der Waals surface area contributed by atoms with Crippen molar-refractivity contribution in [3.05, 3.63) is 20.8 Å². The quantitative estimate of drug-likeness (QED) is 0.626. The zero-order valence-electron chi connectivity index (χ0n) is 16.7. The summed E-state index contributed by atoms with van der Waals surface area (Å²) in [6.07, 6.45) is 0.0791. The Bertz CT molecular complexity index is 695. The van der Waals surface area contributed by atoms with E-state index in [1.165, 1.54) is 0 Å². The third-order valence-electron chi connectivity index (χ3n) is 3.67. The van der Waals surface area contributed by atoms with Gasteiger partial charge in [0.25, 0.3) is 0 Å². The second kappa shape index (κ2) is 8.82. The Morgan fingerprint density at radius 1 is 1.44 bits per heavy atom. The van der Waals surface area contributed by atoms with Gasteiger partial charge in [0.1, 0.15) is 16.2 Å². The van der Waals surface area contributed by atoms with E-state index in [0.29, 0.717) is 25.3 Å². The average molecular weight is 478 g/mol. The molecule has 152 valence electrons. The molecule has 0 spiro atoms. The van der Waals surface area contributed by atoms with Crippen molar-refractivity contribution in [1.82, 2.24) is 9.62 Å². The lowest BCUT2D eigenvalue weighted by Gasteiger charge is -2.29. The summed E-state index contributed by atoms with van der Waals surface area (Å²) in [6.45, 7) is 12.4. The Morgan fingerprint density at radius 3 is 2.63 bits per heavy atom. The molecule has 27 heavy (non-hydrogen) atoms. The lowest BCUT2D eigenvalue weighted by atomic mass is 10.1. The molecule has 0 saturated heterocycles. The summed E-state index contributed by atoms with van der Waals surface area (Å²) in [5.74, 6) is 0.664. The minimum Gasteiger partial charge on any atom is -0.598 e. The third kappa shape index (κ3) is 6.74. The number of aliphatic imine (C=N–C) groups is 1. The zero-order chi connectivity index (χ0) is 20.4. The molecule has 9 heteroatoms. The molecule has 0 radical (unpaired) electrons. The van der Waals surface area contributed by atoms with Crippen molar-refractivity contribution >= 4 is 50.6 Å². The molecule has 0 saturated carbocycles. The Kier molecular flexibility index (Phi) is 7.40. The largest absolute Gasteiger partial charge is 0.598 e. The second-order valence-electron chi connectivity index (χ2n) is 8.35. The Labute approximate surface area is 177 Å². The van der Waals surface area contributed by atoms with Crippen LogP contribution in [0.25, 0.3) is 0 Å². The molecule has 2 atom stereocenters. The van der Waals surface area contributed by atoms with Crippen LogP contribution >= 0.6 is 27.3 Å². The van der Waals surface area contributed by atoms with E-state index < -0.39 is 21.7 Å². The lowest BCUT2D eigenvalue weighted by Crippen LogP contribution is -2.44. The standard InChI is InChI=1S/C18H28BrN3O3S2/c1-17(2,3)25-16(23)22-8-7-20-15(22)10-13(14-9-12(19)11-26-14)21-27(24)18(4,5)6/h9,11,13,21H,7-8,10H2,1-6H3/t13-,27?/m0/s1. The van der Waals surface area contributed by atoms with Crippen LogP contribution in [0.15, 0.2) is 20.9 Å². The monoisotopic (exact) mass is 477 g/mol. The maximum absolute atomic E-state index is 12.7. The summed E-state index contributed by atoms with van der Waals surface area (Å²) in [5.41, 5.74) is -0.561. The third-order valence-corrected chi connectivity index (χ3v) is 7.08. The number of nitrogens with zero attached hydrogens (tertiary/aromatic N) is 2. The highest BCUT2D eigenvalue weighted by atomic mass is 79.9. The smallest absolute Gasteiger partial charge is 0.415 e. The Morgan fingerprint density at radius 2 is 2.11 bits per heavy atom. The van der Waals surface area contributed by atoms with Crippen LogP contribution in [-0.2, 0) is 16.1 Å². The molecule has 1 aromatic rings. The van der Waals surface area contributed by atoms with Crippen LogP contribution in [0.5, 0.6) is 0 Å². The van der Waals surface area contributed by atoms with E-state index in [4.69, 9.17) is 4.74 Å². The normalized spacial score (nSPS) is 17.6. The highest BCUT2D eigenvalue weighted by molar-refractivity contribution is 9.10. The van der Waals surface area contributed by atoms with Crippen LogP contribution in [0.1, 0.15) is 58.9 Å². The first-order valence-corrected chi connectivity index (χ1v) is 11.6. The summed E-state index contributed by atoms with van der Waals surface area (Å²) < 4.78 is 22.0. The van der Waals surface area contributed by atoms with Crippen molar-refractivity contribution < 1.29 is 14.1 Å². The van der Waals surface area contributed by atoms with Crippen molar-refractivity contribution in [1.29, 1.82) is 0 Å². The zero-order valence-corrected chi connectivity index (χ0v) is 19.9. The number of hydrogen-bond donors (Lipinski definition) is 1. The maximum Gasteiger partial charge on any atom is 0.415 e. The highest BCUT2D eigenvalue weighted by Crippen LogP contribution is 2.31. The maximum atomic E-state index is 12.7. The average Bonchev–Trinajstić information content (AvgIpc) is 3.12. The molecule has 1 aliphatic heterocycles. The summed E-state index contributed by atoms with van der Waals surface area (Å²) in [6, 6.07) is 1.80. The van der Waals surface area contributed by atoms with Gasteiger partial charge in [-0.25, -0.2) is 4.79 Å². The van der Waals surface area contributed by atoms with Crippen molar-refractivity contribution in [2.75, 3.05) is 13.1 Å². The number of amidine groups is 1. The van der Waals surface area contributed by atoms with E-state index in [-0.39, 0.29) is 12.1 Å². The molecule has 1 aliphatic rings. The van der Waals surface area contributed by atoms with E-state index in [9.17, 15) is 9.35 Å². The van der Waals surface area contributed by atoms with Crippen LogP contribution < -0.4 is 4.72 Å². The first-order chi connectivity index (χ1) is 12.4. The predicted molar refractivity (Wildman–Crippen MR) is 116 cm³/mol. The SMILES string of the molecule is CC(C)(C)OC(=O)N1CCN=C1C[C@H](N[S+]([O-])C(C)(C)C)c1cc(Br)cs1. The summed E-state index contributed by atoms with van der Waals surface area (Å²) in [4.78, 5) is 19.6. The number of amides is 1. The Balaban J connectivity index is 2.17. The van der Waals surface area contributed by atoms with Crippen LogP contribution in [0.3, 0.4) is 0 Å². The van der Waals surface area contributed by atoms with Crippen LogP contribution in [0.4, 0.5) is 4.79 Å². The van der Waals surface area contributed by atoms with Gasteiger partial charge in [-0.3, -0.25) is 9.89 Å². The minimum atomic E-state index is -1.24. The number of ether oxygens (including phenoxy) is 1. The van der Waals surface area contributed by atoms with Gasteiger partial charge in [0.2, 0.25) is 0 Å². The number of hydrogen-bond acceptors (Lipinski definition) is 6. The van der Waals surface area contributed by atoms with Gasteiger partial charge in [-0.2, -0.15) is 0 Å². The molecular formula is C18H28BrN3O3S2. The molecule has 6 nitrogen and oxygen atoms in total. The highest BCUT2D eigenvalue weighted by Gasteiger charge is 2.34. The summed E-state index contributed by atoms with van der Waals surface area (Å²) in [5, 5.41) is 1.99. The molecule has 0 aromatic carbocycles. The van der Waals surface area contributed by atoms with Crippen molar-refractivity contribution in [2.24, 2.45) is 4.99 Å². The van der Waals surface area contributed by atoms with Crippen LogP contribution in [0, 0.1) is 0 Å². The lowest BCUT2D eigenvalue weighted by molar-refractivity contribution is 0.0381. The van der Waals surface area contributed by atoms with Gasteiger partial charge in [-0.15, -0.1) is 16.1 Å². The number of carbonyl (C=O) groups is 1. The van der Waals surface area contributed by atoms with E-state index in [1.54, 1.807) is 16.2 Å². The van der Waals surface area contributed by atoms with E-state index in [0.717, 1.165) is 9.35 Å². The van der Waals surface area contributed by atoms with Crippen molar-refractivity contribution in [3.8, 4) is 0 Å². The van der Waals surface area contributed by atoms with Gasteiger partial charge < -0.3 is 9.29 Å². The number of halogens is 1. The first-order valence-electron chi connectivity index (χ1n) is 8.82. The fourth-order valence-corrected chi connectivity index (χ4v) is 4.78. The van der Waals surface area contributed by atoms with Crippen LogP contribution in [-0.4, -0.2) is 44.8 Å². The second-order valence-corrected chi connectivity index (χ2v) is 12.2. The van der Waals surface area contributed by atoms with E-state index in [2.05, 4.69) is 25.6 Å². The van der Waals surface area contributed by atoms with Crippen molar-refractivity contribution in [3.63, 3.8) is 0 Å². The number of rotatable bonds is 5. The molecule has 1 amide bonds. The van der Waals surface area contributed by atoms with Gasteiger partial charge in [0, 0.05) is 32.5 Å². The molecule has 1 N–H and O–H groups in total. The fraction of sp³-hybridized carbons (Fsp3) is 0.667.